The Labute approximate surface area is 116 Å². The molecule has 19 heavy (non-hydrogen) atoms. The van der Waals surface area contributed by atoms with Crippen LogP contribution in [0.1, 0.15) is 39.5 Å². The van der Waals surface area contributed by atoms with E-state index in [2.05, 4.69) is 24.0 Å². The Kier molecular flexibility index (Phi) is 2.46. The molecule has 1 nitrogen and oxygen atoms in total. The second kappa shape index (κ2) is 3.89. The lowest BCUT2D eigenvalue weighted by molar-refractivity contribution is 0.142. The fraction of sp³-hybridized carbons (Fsp3) is 0.778. The molecule has 4 aliphatic rings. The highest BCUT2D eigenvalue weighted by Gasteiger charge is 2.60. The molecule has 1 heteroatoms. The third kappa shape index (κ3) is 1.80. The maximum Gasteiger partial charge on any atom is 0.119 e. The lowest BCUT2D eigenvalue weighted by atomic mass is 9.69. The lowest BCUT2D eigenvalue weighted by Gasteiger charge is -2.36. The van der Waals surface area contributed by atoms with Crippen molar-refractivity contribution in [1.82, 2.24) is 0 Å². The highest BCUT2D eigenvalue weighted by atomic mass is 16.3. The van der Waals surface area contributed by atoms with Crippen LogP contribution in [0.25, 0.3) is 0 Å². The summed E-state index contributed by atoms with van der Waals surface area (Å²) in [5.41, 5.74) is -0.824. The molecule has 0 aromatic carbocycles. The first-order valence-electron chi connectivity index (χ1n) is 7.93. The second-order valence-corrected chi connectivity index (χ2v) is 7.82. The molecule has 0 unspecified atom stereocenters. The monoisotopic (exact) mass is 256 g/mol. The van der Waals surface area contributed by atoms with Gasteiger partial charge in [-0.1, -0.05) is 24.0 Å². The Morgan fingerprint density at radius 3 is 2.58 bits per heavy atom. The van der Waals surface area contributed by atoms with Crippen LogP contribution in [0, 0.1) is 53.3 Å². The van der Waals surface area contributed by atoms with Crippen molar-refractivity contribution in [2.75, 3.05) is 0 Å². The highest BCUT2D eigenvalue weighted by molar-refractivity contribution is 5.21. The van der Waals surface area contributed by atoms with Crippen molar-refractivity contribution in [1.29, 1.82) is 0 Å². The van der Waals surface area contributed by atoms with Crippen molar-refractivity contribution in [2.24, 2.45) is 41.4 Å². The number of hydrogen-bond acceptors (Lipinski definition) is 1. The van der Waals surface area contributed by atoms with Gasteiger partial charge in [-0.25, -0.2) is 0 Å². The van der Waals surface area contributed by atoms with E-state index >= 15 is 0 Å². The van der Waals surface area contributed by atoms with Crippen LogP contribution in [-0.2, 0) is 0 Å². The Hall–Kier alpha value is -0.740. The SMILES string of the molecule is CC(C)(O)C#CC[C@H]1C[C@H]2C[C@@H]1[C@@H]1[C@@H]2[C@H]2C=C[C@H]1C2. The highest BCUT2D eigenvalue weighted by Crippen LogP contribution is 2.67. The van der Waals surface area contributed by atoms with E-state index in [1.165, 1.54) is 19.3 Å². The molecule has 7 atom stereocenters. The zero-order valence-corrected chi connectivity index (χ0v) is 12.0. The van der Waals surface area contributed by atoms with Crippen LogP contribution >= 0.6 is 0 Å². The third-order valence-electron chi connectivity index (χ3n) is 6.17. The summed E-state index contributed by atoms with van der Waals surface area (Å²) in [5.74, 6) is 12.8. The molecule has 1 N–H and O–H groups in total. The molecule has 3 fully saturated rings. The fourth-order valence-corrected chi connectivity index (χ4v) is 5.79. The van der Waals surface area contributed by atoms with Gasteiger partial charge in [0.25, 0.3) is 0 Å². The van der Waals surface area contributed by atoms with Crippen molar-refractivity contribution in [3.8, 4) is 11.8 Å². The summed E-state index contributed by atoms with van der Waals surface area (Å²) < 4.78 is 0. The summed E-state index contributed by atoms with van der Waals surface area (Å²) in [5, 5.41) is 9.68. The van der Waals surface area contributed by atoms with E-state index in [1.807, 2.05) is 0 Å². The molecular formula is C18H24O. The Morgan fingerprint density at radius 1 is 1.11 bits per heavy atom. The van der Waals surface area contributed by atoms with Crippen molar-refractivity contribution in [3.63, 3.8) is 0 Å². The summed E-state index contributed by atoms with van der Waals surface area (Å²) in [4.78, 5) is 0. The molecule has 0 radical (unpaired) electrons. The summed E-state index contributed by atoms with van der Waals surface area (Å²) in [6.45, 7) is 3.55. The summed E-state index contributed by atoms with van der Waals surface area (Å²) in [6, 6.07) is 0. The van der Waals surface area contributed by atoms with E-state index in [1.54, 1.807) is 13.8 Å². The van der Waals surface area contributed by atoms with Gasteiger partial charge in [-0.2, -0.15) is 0 Å². The van der Waals surface area contributed by atoms with Gasteiger partial charge in [-0.3, -0.25) is 0 Å². The average molecular weight is 256 g/mol. The van der Waals surface area contributed by atoms with Gasteiger partial charge in [0.15, 0.2) is 0 Å². The first kappa shape index (κ1) is 12.0. The molecule has 0 heterocycles. The zero-order valence-electron chi connectivity index (χ0n) is 12.0. The molecule has 0 aromatic heterocycles. The molecule has 0 saturated heterocycles. The van der Waals surface area contributed by atoms with Gasteiger partial charge in [-0.05, 0) is 74.5 Å². The number of allylic oxidation sites excluding steroid dienone is 2. The smallest absolute Gasteiger partial charge is 0.119 e. The van der Waals surface area contributed by atoms with Crippen LogP contribution < -0.4 is 0 Å². The van der Waals surface area contributed by atoms with Gasteiger partial charge >= 0.3 is 0 Å². The number of aliphatic hydroxyl groups is 1. The van der Waals surface area contributed by atoms with E-state index in [0.717, 1.165) is 47.8 Å². The number of hydrogen-bond donors (Lipinski definition) is 1. The van der Waals surface area contributed by atoms with Gasteiger partial charge < -0.3 is 5.11 Å². The Bertz CT molecular complexity index is 472. The molecular weight excluding hydrogens is 232 g/mol. The minimum atomic E-state index is -0.824. The van der Waals surface area contributed by atoms with Crippen LogP contribution in [0.4, 0.5) is 0 Å². The van der Waals surface area contributed by atoms with Crippen LogP contribution in [0.15, 0.2) is 12.2 Å². The van der Waals surface area contributed by atoms with E-state index in [-0.39, 0.29) is 0 Å². The second-order valence-electron chi connectivity index (χ2n) is 7.82. The first-order valence-corrected chi connectivity index (χ1v) is 7.93. The molecule has 4 bridgehead atoms. The summed E-state index contributed by atoms with van der Waals surface area (Å²) in [6.07, 6.45) is 10.4. The molecule has 4 rings (SSSR count). The van der Waals surface area contributed by atoms with Crippen LogP contribution in [0.3, 0.4) is 0 Å². The van der Waals surface area contributed by atoms with E-state index < -0.39 is 5.60 Å². The topological polar surface area (TPSA) is 20.2 Å². The minimum Gasteiger partial charge on any atom is -0.378 e. The maximum atomic E-state index is 9.68. The van der Waals surface area contributed by atoms with Gasteiger partial charge in [0.1, 0.15) is 5.60 Å². The molecule has 4 aliphatic carbocycles. The van der Waals surface area contributed by atoms with Crippen molar-refractivity contribution >= 4 is 0 Å². The van der Waals surface area contributed by atoms with E-state index in [0.29, 0.717) is 0 Å². The normalized spacial score (nSPS) is 49.3. The van der Waals surface area contributed by atoms with Crippen LogP contribution in [0.2, 0.25) is 0 Å². The van der Waals surface area contributed by atoms with Crippen LogP contribution in [0.5, 0.6) is 0 Å². The van der Waals surface area contributed by atoms with E-state index in [9.17, 15) is 5.11 Å². The van der Waals surface area contributed by atoms with Crippen molar-refractivity contribution in [2.45, 2.75) is 45.1 Å². The Balaban J connectivity index is 1.48. The van der Waals surface area contributed by atoms with Gasteiger partial charge in [-0.15, -0.1) is 0 Å². The molecule has 0 amide bonds. The van der Waals surface area contributed by atoms with Gasteiger partial charge in [0.2, 0.25) is 0 Å². The predicted octanol–water partition coefficient (Wildman–Crippen LogP) is 3.25. The number of fused-ring (bicyclic) bond motifs is 9. The zero-order chi connectivity index (χ0) is 13.2. The van der Waals surface area contributed by atoms with Crippen molar-refractivity contribution < 1.29 is 5.11 Å². The maximum absolute atomic E-state index is 9.68. The molecule has 0 aromatic rings. The minimum absolute atomic E-state index is 0.814. The van der Waals surface area contributed by atoms with Crippen LogP contribution in [-0.4, -0.2) is 10.7 Å². The quantitative estimate of drug-likeness (QED) is 0.434. The van der Waals surface area contributed by atoms with Gasteiger partial charge in [0.05, 0.1) is 0 Å². The molecule has 0 aliphatic heterocycles. The third-order valence-corrected chi connectivity index (χ3v) is 6.17. The standard InChI is InChI=1S/C18H24O/c1-18(2,19)7-3-4-11-8-14-10-15(11)17-13-6-5-12(9-13)16(14)17/h5-6,11-17,19H,4,8-10H2,1-2H3/t11-,12-,13-,14-,15-,16+,17+/m0/s1. The number of rotatable bonds is 1. The first-order chi connectivity index (χ1) is 9.03. The summed E-state index contributed by atoms with van der Waals surface area (Å²) >= 11 is 0. The average Bonchev–Trinajstić information content (AvgIpc) is 3.05. The van der Waals surface area contributed by atoms with E-state index in [4.69, 9.17) is 0 Å². The largest absolute Gasteiger partial charge is 0.378 e. The molecule has 3 saturated carbocycles. The molecule has 102 valence electrons. The Morgan fingerprint density at radius 2 is 1.84 bits per heavy atom. The van der Waals surface area contributed by atoms with Gasteiger partial charge in [0, 0.05) is 6.42 Å². The predicted molar refractivity (Wildman–Crippen MR) is 76.1 cm³/mol. The fourth-order valence-electron chi connectivity index (χ4n) is 5.79. The molecule has 0 spiro atoms. The summed E-state index contributed by atoms with van der Waals surface area (Å²) in [7, 11) is 0. The lowest BCUT2D eigenvalue weighted by Crippen LogP contribution is -2.30. The van der Waals surface area contributed by atoms with Crippen molar-refractivity contribution in [3.05, 3.63) is 12.2 Å².